The van der Waals surface area contributed by atoms with E-state index in [0.29, 0.717) is 38.0 Å². The maximum absolute atomic E-state index is 13.8. The molecule has 1 aliphatic rings. The summed E-state index contributed by atoms with van der Waals surface area (Å²) in [4.78, 5) is 34.1. The molecule has 0 spiro atoms. The van der Waals surface area contributed by atoms with Gasteiger partial charge in [-0.3, -0.25) is 9.36 Å². The molecule has 0 bridgehead atoms. The highest BCUT2D eigenvalue weighted by Gasteiger charge is 2.33. The highest BCUT2D eigenvalue weighted by atomic mass is 35.5. The minimum absolute atomic E-state index is 0.219. The average molecular weight is 588 g/mol. The van der Waals surface area contributed by atoms with Crippen LogP contribution < -0.4 is 24.5 Å². The molecule has 41 heavy (non-hydrogen) atoms. The quantitative estimate of drug-likeness (QED) is 0.268. The van der Waals surface area contributed by atoms with Crippen LogP contribution >= 0.6 is 22.9 Å². The molecule has 1 aromatic heterocycles. The number of carbonyl (C=O) groups excluding carboxylic acids is 1. The van der Waals surface area contributed by atoms with Crippen molar-refractivity contribution in [2.24, 2.45) is 4.99 Å². The first-order valence-electron chi connectivity index (χ1n) is 13.2. The Labute approximate surface area is 247 Å². The van der Waals surface area contributed by atoms with Crippen LogP contribution in [0.25, 0.3) is 6.08 Å². The van der Waals surface area contributed by atoms with Gasteiger partial charge in [0.05, 0.1) is 28.5 Å². The molecule has 4 aromatic rings. The second kappa shape index (κ2) is 12.2. The number of nitrogens with zero attached hydrogens (tertiary/aromatic N) is 3. The molecule has 0 amide bonds. The zero-order valence-electron chi connectivity index (χ0n) is 23.3. The molecule has 1 aliphatic heterocycles. The second-order valence-corrected chi connectivity index (χ2v) is 11.2. The number of anilines is 1. The molecule has 1 atom stereocenters. The van der Waals surface area contributed by atoms with Crippen molar-refractivity contribution in [3.8, 4) is 5.75 Å². The molecule has 1 unspecified atom stereocenters. The number of hydrogen-bond acceptors (Lipinski definition) is 7. The molecule has 2 heterocycles. The number of fused-ring (bicyclic) bond motifs is 1. The van der Waals surface area contributed by atoms with Crippen LogP contribution in [0.4, 0.5) is 5.69 Å². The molecule has 9 heteroatoms. The highest BCUT2D eigenvalue weighted by Crippen LogP contribution is 2.31. The van der Waals surface area contributed by atoms with Crippen molar-refractivity contribution in [3.05, 3.63) is 125 Å². The van der Waals surface area contributed by atoms with Crippen molar-refractivity contribution < 1.29 is 14.3 Å². The number of aromatic nitrogens is 1. The minimum Gasteiger partial charge on any atom is -0.489 e. The van der Waals surface area contributed by atoms with Crippen LogP contribution in [0.5, 0.6) is 5.75 Å². The zero-order chi connectivity index (χ0) is 29.1. The van der Waals surface area contributed by atoms with Gasteiger partial charge in [-0.2, -0.15) is 0 Å². The van der Waals surface area contributed by atoms with E-state index in [4.69, 9.17) is 21.1 Å². The Hall–Kier alpha value is -4.14. The Morgan fingerprint density at radius 1 is 1.07 bits per heavy atom. The van der Waals surface area contributed by atoms with Crippen LogP contribution in [0, 0.1) is 0 Å². The van der Waals surface area contributed by atoms with Crippen molar-refractivity contribution in [2.45, 2.75) is 26.5 Å². The number of thiazole rings is 1. The predicted molar refractivity (Wildman–Crippen MR) is 163 cm³/mol. The van der Waals surface area contributed by atoms with Crippen molar-refractivity contribution in [3.63, 3.8) is 0 Å². The van der Waals surface area contributed by atoms with Crippen LogP contribution in [0.2, 0.25) is 5.02 Å². The van der Waals surface area contributed by atoms with E-state index in [0.717, 1.165) is 22.4 Å². The lowest BCUT2D eigenvalue weighted by molar-refractivity contribution is -0.139. The lowest BCUT2D eigenvalue weighted by Gasteiger charge is -2.25. The molecule has 5 rings (SSSR count). The summed E-state index contributed by atoms with van der Waals surface area (Å²) < 4.78 is 13.4. The summed E-state index contributed by atoms with van der Waals surface area (Å²) in [5.41, 5.74) is 4.25. The third kappa shape index (κ3) is 5.99. The monoisotopic (exact) mass is 587 g/mol. The smallest absolute Gasteiger partial charge is 0.338 e. The summed E-state index contributed by atoms with van der Waals surface area (Å²) in [5, 5.41) is 0.660. The fraction of sp³-hybridized carbons (Fsp3) is 0.219. The first-order chi connectivity index (χ1) is 19.8. The van der Waals surface area contributed by atoms with Crippen molar-refractivity contribution >= 4 is 40.7 Å². The van der Waals surface area contributed by atoms with E-state index in [-0.39, 0.29) is 12.2 Å². The Balaban J connectivity index is 1.50. The van der Waals surface area contributed by atoms with E-state index in [1.165, 1.54) is 11.3 Å². The van der Waals surface area contributed by atoms with E-state index >= 15 is 0 Å². The number of allylic oxidation sites excluding steroid dienone is 1. The second-order valence-electron chi connectivity index (χ2n) is 9.74. The van der Waals surface area contributed by atoms with Gasteiger partial charge in [0.1, 0.15) is 12.4 Å². The maximum Gasteiger partial charge on any atom is 0.338 e. The van der Waals surface area contributed by atoms with Crippen LogP contribution in [-0.4, -0.2) is 31.2 Å². The Morgan fingerprint density at radius 2 is 1.78 bits per heavy atom. The molecule has 0 aliphatic carbocycles. The Bertz CT molecular complexity index is 1790. The maximum atomic E-state index is 13.8. The average Bonchev–Trinajstić information content (AvgIpc) is 3.26. The zero-order valence-corrected chi connectivity index (χ0v) is 24.8. The Morgan fingerprint density at radius 3 is 2.44 bits per heavy atom. The molecule has 0 radical (unpaired) electrons. The van der Waals surface area contributed by atoms with Crippen molar-refractivity contribution in [1.29, 1.82) is 0 Å². The van der Waals surface area contributed by atoms with Crippen molar-refractivity contribution in [1.82, 2.24) is 4.57 Å². The van der Waals surface area contributed by atoms with Gasteiger partial charge in [0.25, 0.3) is 5.56 Å². The van der Waals surface area contributed by atoms with Gasteiger partial charge < -0.3 is 14.4 Å². The molecule has 210 valence electrons. The van der Waals surface area contributed by atoms with Gasteiger partial charge in [0.2, 0.25) is 0 Å². The number of ether oxygens (including phenoxy) is 2. The van der Waals surface area contributed by atoms with E-state index in [1.54, 1.807) is 18.4 Å². The number of benzene rings is 3. The van der Waals surface area contributed by atoms with Gasteiger partial charge in [-0.15, -0.1) is 0 Å². The highest BCUT2D eigenvalue weighted by molar-refractivity contribution is 7.07. The first-order valence-corrected chi connectivity index (χ1v) is 14.4. The molecule has 3 aromatic carbocycles. The van der Waals surface area contributed by atoms with Gasteiger partial charge in [-0.05, 0) is 61.4 Å². The summed E-state index contributed by atoms with van der Waals surface area (Å²) in [6, 6.07) is 22.2. The standard InChI is InChI=1S/C32H30ClN3O4S/c1-5-39-31(38)28-20(2)34-32-36(29(28)22-12-14-24(15-13-22)35(3)4)30(37)27(41-32)18-21-10-16-25(17-11-21)40-19-23-8-6-7-9-26(23)33/h6-18,29H,5,19H2,1-4H3/b27-18-. The van der Waals surface area contributed by atoms with Crippen LogP contribution in [0.1, 0.15) is 36.6 Å². The van der Waals surface area contributed by atoms with Crippen LogP contribution in [-0.2, 0) is 16.1 Å². The van der Waals surface area contributed by atoms with Crippen molar-refractivity contribution in [2.75, 3.05) is 25.6 Å². The van der Waals surface area contributed by atoms with Crippen LogP contribution in [0.3, 0.4) is 0 Å². The van der Waals surface area contributed by atoms with Gasteiger partial charge in [-0.1, -0.05) is 65.4 Å². The molecular weight excluding hydrogens is 558 g/mol. The van der Waals surface area contributed by atoms with Gasteiger partial charge in [0, 0.05) is 30.4 Å². The minimum atomic E-state index is -0.649. The summed E-state index contributed by atoms with van der Waals surface area (Å²) in [6.45, 7) is 4.13. The third-order valence-electron chi connectivity index (χ3n) is 6.77. The lowest BCUT2D eigenvalue weighted by atomic mass is 9.95. The molecule has 0 N–H and O–H groups in total. The van der Waals surface area contributed by atoms with Gasteiger partial charge in [-0.25, -0.2) is 9.79 Å². The van der Waals surface area contributed by atoms with Crippen LogP contribution in [0.15, 0.2) is 93.9 Å². The predicted octanol–water partition coefficient (Wildman–Crippen LogP) is 5.10. The Kier molecular flexibility index (Phi) is 8.42. The number of hydrogen-bond donors (Lipinski definition) is 0. The SMILES string of the molecule is CCOC(=O)C1=C(C)N=c2s/c(=C\c3ccc(OCc4ccccc4Cl)cc3)c(=O)n2C1c1ccc(N(C)C)cc1. The molecule has 0 saturated carbocycles. The molecule has 0 saturated heterocycles. The van der Waals surface area contributed by atoms with E-state index in [1.807, 2.05) is 97.9 Å². The van der Waals surface area contributed by atoms with E-state index in [9.17, 15) is 9.59 Å². The van der Waals surface area contributed by atoms with E-state index < -0.39 is 12.0 Å². The van der Waals surface area contributed by atoms with Gasteiger partial charge >= 0.3 is 5.97 Å². The molecule has 0 fully saturated rings. The molecule has 7 nitrogen and oxygen atoms in total. The number of esters is 1. The number of rotatable bonds is 8. The fourth-order valence-corrected chi connectivity index (χ4v) is 5.89. The third-order valence-corrected chi connectivity index (χ3v) is 8.12. The van der Waals surface area contributed by atoms with Gasteiger partial charge in [0.15, 0.2) is 4.80 Å². The fourth-order valence-electron chi connectivity index (χ4n) is 4.65. The lowest BCUT2D eigenvalue weighted by Crippen LogP contribution is -2.39. The number of halogens is 1. The largest absolute Gasteiger partial charge is 0.489 e. The number of carbonyl (C=O) groups is 1. The van der Waals surface area contributed by atoms with E-state index in [2.05, 4.69) is 4.99 Å². The normalized spacial score (nSPS) is 14.9. The summed E-state index contributed by atoms with van der Waals surface area (Å²) >= 11 is 7.53. The first kappa shape index (κ1) is 28.4. The summed E-state index contributed by atoms with van der Waals surface area (Å²) in [7, 11) is 3.92. The topological polar surface area (TPSA) is 73.1 Å². The summed E-state index contributed by atoms with van der Waals surface area (Å²) in [6.07, 6.45) is 1.83. The molecular formula is C32H30ClN3O4S. The summed E-state index contributed by atoms with van der Waals surface area (Å²) in [5.74, 6) is 0.219.